The number of ketones is 1. The van der Waals surface area contributed by atoms with Gasteiger partial charge >= 0.3 is 0 Å². The molecule has 0 aromatic carbocycles. The number of nitrogens with zero attached hydrogens (tertiary/aromatic N) is 1. The summed E-state index contributed by atoms with van der Waals surface area (Å²) in [6, 6.07) is 0. The van der Waals surface area contributed by atoms with Crippen LogP contribution in [0.5, 0.6) is 0 Å². The van der Waals surface area contributed by atoms with E-state index in [9.17, 15) is 9.59 Å². The van der Waals surface area contributed by atoms with E-state index < -0.39 is 0 Å². The molecule has 4 nitrogen and oxygen atoms in total. The van der Waals surface area contributed by atoms with Crippen LogP contribution in [0.1, 0.15) is 41.0 Å². The van der Waals surface area contributed by atoms with Crippen molar-refractivity contribution in [2.24, 2.45) is 11.8 Å². The van der Waals surface area contributed by atoms with Crippen molar-refractivity contribution in [2.45, 2.75) is 39.5 Å². The number of hydrogen-bond acceptors (Lipinski definition) is 3. The van der Waals surface area contributed by atoms with Gasteiger partial charge in [-0.05, 0) is 52.1 Å². The van der Waals surface area contributed by atoms with E-state index in [0.717, 1.165) is 32.5 Å². The molecule has 1 N–H and O–H groups in total. The second kappa shape index (κ2) is 8.76. The number of rotatable bonds is 6. The van der Waals surface area contributed by atoms with Gasteiger partial charge in [0.15, 0.2) is 0 Å². The van der Waals surface area contributed by atoms with E-state index in [4.69, 9.17) is 0 Å². The quantitative estimate of drug-likeness (QED) is 0.753. The van der Waals surface area contributed by atoms with Gasteiger partial charge in [0, 0.05) is 21.4 Å². The first-order chi connectivity index (χ1) is 9.54. The molecule has 114 valence electrons. The lowest BCUT2D eigenvalue weighted by molar-refractivity contribution is -0.131. The smallest absolute Gasteiger partial charge is 0.222 e. The highest BCUT2D eigenvalue weighted by atomic mass is 16.2. The zero-order valence-electron chi connectivity index (χ0n) is 12.9. The van der Waals surface area contributed by atoms with Crippen molar-refractivity contribution in [3.8, 4) is 11.8 Å². The molecule has 1 amide bonds. The Kier molecular flexibility index (Phi) is 7.32. The Morgan fingerprint density at radius 1 is 1.40 bits per heavy atom. The zero-order valence-corrected chi connectivity index (χ0v) is 12.9. The van der Waals surface area contributed by atoms with Gasteiger partial charge < -0.3 is 10.2 Å². The van der Waals surface area contributed by atoms with E-state index in [2.05, 4.69) is 17.2 Å². The first-order valence-corrected chi connectivity index (χ1v) is 7.42. The number of amides is 1. The minimum atomic E-state index is -0.295. The molecule has 0 aromatic heterocycles. The number of Topliss-reactive ketones (excluding diaryl/α,β-unsaturated/α-hetero) is 1. The van der Waals surface area contributed by atoms with Crippen LogP contribution in [0.2, 0.25) is 0 Å². The topological polar surface area (TPSA) is 49.4 Å². The van der Waals surface area contributed by atoms with Crippen molar-refractivity contribution in [2.75, 3.05) is 26.7 Å². The van der Waals surface area contributed by atoms with Crippen molar-refractivity contribution in [3.63, 3.8) is 0 Å². The van der Waals surface area contributed by atoms with Crippen LogP contribution in [0.25, 0.3) is 0 Å². The van der Waals surface area contributed by atoms with Crippen LogP contribution in [-0.2, 0) is 9.59 Å². The highest BCUT2D eigenvalue weighted by molar-refractivity contribution is 5.82. The number of hydrogen-bond donors (Lipinski definition) is 1. The lowest BCUT2D eigenvalue weighted by atomic mass is 9.97. The minimum absolute atomic E-state index is 0. The largest absolute Gasteiger partial charge is 0.345 e. The molecule has 4 heteroatoms. The fourth-order valence-electron chi connectivity index (χ4n) is 2.56. The molecular formula is C16H28N2O2. The molecule has 1 heterocycles. The molecule has 0 aromatic rings. The van der Waals surface area contributed by atoms with Crippen molar-refractivity contribution in [1.29, 1.82) is 0 Å². The Morgan fingerprint density at radius 3 is 2.60 bits per heavy atom. The number of carbonyl (C=O) groups is 2. The van der Waals surface area contributed by atoms with Crippen LogP contribution in [-0.4, -0.2) is 43.3 Å². The molecule has 0 bridgehead atoms. The highest BCUT2D eigenvalue weighted by Crippen LogP contribution is 2.14. The Labute approximate surface area is 123 Å². The van der Waals surface area contributed by atoms with Gasteiger partial charge in [0.05, 0.1) is 5.92 Å². The molecule has 20 heavy (non-hydrogen) atoms. The van der Waals surface area contributed by atoms with E-state index in [-0.39, 0.29) is 19.0 Å². The summed E-state index contributed by atoms with van der Waals surface area (Å²) < 4.78 is 0. The van der Waals surface area contributed by atoms with Crippen molar-refractivity contribution < 1.29 is 11.0 Å². The Hall–Kier alpha value is -1.34. The van der Waals surface area contributed by atoms with Crippen LogP contribution in [0.4, 0.5) is 0 Å². The van der Waals surface area contributed by atoms with Gasteiger partial charge in [-0.25, -0.2) is 0 Å². The summed E-state index contributed by atoms with van der Waals surface area (Å²) in [6.45, 7) is 6.18. The fraction of sp³-hybridized carbons (Fsp3) is 0.750. The third-order valence-corrected chi connectivity index (χ3v) is 3.87. The predicted octanol–water partition coefficient (Wildman–Crippen LogP) is 1.70. The fourth-order valence-corrected chi connectivity index (χ4v) is 2.56. The van der Waals surface area contributed by atoms with E-state index in [1.165, 1.54) is 6.92 Å². The molecule has 1 rings (SSSR count). The Morgan fingerprint density at radius 2 is 2.05 bits per heavy atom. The van der Waals surface area contributed by atoms with Crippen LogP contribution in [0, 0.1) is 23.7 Å². The molecule has 1 atom stereocenters. The molecule has 1 saturated heterocycles. The molecule has 0 radical (unpaired) electrons. The maximum absolute atomic E-state index is 12.1. The van der Waals surface area contributed by atoms with Gasteiger partial charge in [-0.1, -0.05) is 5.92 Å². The van der Waals surface area contributed by atoms with Gasteiger partial charge in [0.25, 0.3) is 0 Å². The average Bonchev–Trinajstić information content (AvgIpc) is 2.43. The SMILES string of the molecule is CC#C[C@@H](CCC(=O)N(C)CC1CCNCC1)C(C)=O.[HH]. The number of piperidine rings is 1. The van der Waals surface area contributed by atoms with E-state index in [1.54, 1.807) is 6.92 Å². The Bertz CT molecular complexity index is 395. The van der Waals surface area contributed by atoms with Gasteiger partial charge in [0.2, 0.25) is 5.91 Å². The molecule has 0 aliphatic carbocycles. The second-order valence-electron chi connectivity index (χ2n) is 5.56. The second-order valence-corrected chi connectivity index (χ2v) is 5.56. The zero-order chi connectivity index (χ0) is 15.0. The summed E-state index contributed by atoms with van der Waals surface area (Å²) in [6.07, 6.45) is 3.20. The summed E-state index contributed by atoms with van der Waals surface area (Å²) >= 11 is 0. The summed E-state index contributed by atoms with van der Waals surface area (Å²) in [7, 11) is 1.86. The molecule has 0 saturated carbocycles. The normalized spacial score (nSPS) is 16.9. The molecule has 0 unspecified atom stereocenters. The summed E-state index contributed by atoms with van der Waals surface area (Å²) in [5.41, 5.74) is 0. The summed E-state index contributed by atoms with van der Waals surface area (Å²) in [5.74, 6) is 6.12. The molecule has 1 fully saturated rings. The standard InChI is InChI=1S/C16H26N2O2.H2/c1-4-5-15(13(2)19)6-7-16(20)18(3)12-14-8-10-17-11-9-14;/h14-15,17H,6-12H2,1-3H3;1H/t15-;/m0./s1. The molecule has 1 aliphatic heterocycles. The molecular weight excluding hydrogens is 252 g/mol. The van der Waals surface area contributed by atoms with Crippen LogP contribution in [0.15, 0.2) is 0 Å². The third-order valence-electron chi connectivity index (χ3n) is 3.87. The van der Waals surface area contributed by atoms with E-state index in [0.29, 0.717) is 18.8 Å². The van der Waals surface area contributed by atoms with Gasteiger partial charge in [-0.15, -0.1) is 5.92 Å². The number of nitrogens with one attached hydrogen (secondary N) is 1. The molecule has 0 spiro atoms. The predicted molar refractivity (Wildman–Crippen MR) is 82.2 cm³/mol. The maximum Gasteiger partial charge on any atom is 0.222 e. The van der Waals surface area contributed by atoms with Gasteiger partial charge in [-0.2, -0.15) is 0 Å². The lowest BCUT2D eigenvalue weighted by Crippen LogP contribution is -2.37. The van der Waals surface area contributed by atoms with E-state index >= 15 is 0 Å². The molecule has 1 aliphatic rings. The third kappa shape index (κ3) is 5.75. The van der Waals surface area contributed by atoms with Crippen LogP contribution in [0.3, 0.4) is 0 Å². The van der Waals surface area contributed by atoms with Gasteiger partial charge in [-0.3, -0.25) is 9.59 Å². The van der Waals surface area contributed by atoms with Crippen molar-refractivity contribution in [3.05, 3.63) is 0 Å². The summed E-state index contributed by atoms with van der Waals surface area (Å²) in [5, 5.41) is 3.33. The Balaban J connectivity index is 0.00000400. The van der Waals surface area contributed by atoms with Crippen LogP contribution >= 0.6 is 0 Å². The van der Waals surface area contributed by atoms with Crippen molar-refractivity contribution >= 4 is 11.7 Å². The van der Waals surface area contributed by atoms with Crippen molar-refractivity contribution in [1.82, 2.24) is 10.2 Å². The van der Waals surface area contributed by atoms with Crippen LogP contribution < -0.4 is 5.32 Å². The van der Waals surface area contributed by atoms with Gasteiger partial charge in [0.1, 0.15) is 5.78 Å². The lowest BCUT2D eigenvalue weighted by Gasteiger charge is -2.27. The van der Waals surface area contributed by atoms with E-state index in [1.807, 2.05) is 11.9 Å². The highest BCUT2D eigenvalue weighted by Gasteiger charge is 2.19. The summed E-state index contributed by atoms with van der Waals surface area (Å²) in [4.78, 5) is 25.3. The average molecular weight is 280 g/mol. The number of carbonyl (C=O) groups excluding carboxylic acids is 2. The minimum Gasteiger partial charge on any atom is -0.345 e. The maximum atomic E-state index is 12.1. The first-order valence-electron chi connectivity index (χ1n) is 7.42. The first kappa shape index (κ1) is 16.7. The monoisotopic (exact) mass is 280 g/mol.